The summed E-state index contributed by atoms with van der Waals surface area (Å²) in [7, 11) is 0. The van der Waals surface area contributed by atoms with Crippen molar-refractivity contribution in [1.82, 2.24) is 14.9 Å². The van der Waals surface area contributed by atoms with E-state index in [4.69, 9.17) is 0 Å². The summed E-state index contributed by atoms with van der Waals surface area (Å²) in [4.78, 5) is 22.7. The van der Waals surface area contributed by atoms with Gasteiger partial charge in [-0.25, -0.2) is 9.97 Å². The van der Waals surface area contributed by atoms with Crippen LogP contribution in [0.3, 0.4) is 0 Å². The molecule has 1 aliphatic rings. The Morgan fingerprint density at radius 2 is 1.71 bits per heavy atom. The summed E-state index contributed by atoms with van der Waals surface area (Å²) >= 11 is 0. The summed E-state index contributed by atoms with van der Waals surface area (Å²) in [5, 5.41) is 0. The van der Waals surface area contributed by atoms with E-state index >= 15 is 0 Å². The maximum Gasteiger partial charge on any atom is 0.230 e. The molecule has 0 bridgehead atoms. The van der Waals surface area contributed by atoms with Crippen LogP contribution >= 0.6 is 0 Å². The lowest BCUT2D eigenvalue weighted by Gasteiger charge is -2.20. The highest BCUT2D eigenvalue weighted by Gasteiger charge is 2.24. The fourth-order valence-corrected chi connectivity index (χ4v) is 2.61. The number of likely N-dealkylation sites (tertiary alicyclic amines) is 1. The smallest absolute Gasteiger partial charge is 0.230 e. The molecule has 4 heteroatoms. The van der Waals surface area contributed by atoms with Crippen LogP contribution in [0.25, 0.3) is 11.4 Å². The lowest BCUT2D eigenvalue weighted by molar-refractivity contribution is -0.130. The zero-order valence-electron chi connectivity index (χ0n) is 11.9. The van der Waals surface area contributed by atoms with E-state index in [9.17, 15) is 4.79 Å². The molecule has 0 N–H and O–H groups in total. The Hall–Kier alpha value is -2.23. The maximum absolute atomic E-state index is 12.3. The molecular weight excluding hydrogens is 262 g/mol. The summed E-state index contributed by atoms with van der Waals surface area (Å²) in [6.07, 6.45) is 5.64. The minimum absolute atomic E-state index is 0.121. The maximum atomic E-state index is 12.3. The van der Waals surface area contributed by atoms with Gasteiger partial charge in [-0.2, -0.15) is 0 Å². The Kier molecular flexibility index (Phi) is 3.95. The molecule has 1 aromatic heterocycles. The van der Waals surface area contributed by atoms with Gasteiger partial charge in [0.05, 0.1) is 5.92 Å². The Morgan fingerprint density at radius 1 is 1.10 bits per heavy atom. The van der Waals surface area contributed by atoms with Gasteiger partial charge in [0.1, 0.15) is 0 Å². The molecule has 2 aromatic rings. The standard InChI is InChI=1S/C17H18N3O/c1-13(17(21)20-11-2-3-12-20)14-5-7-15(8-6-14)16-18-9-4-10-19-16/h4-10,13H,1-3,11-12H2/t13-/m0/s1. The normalized spacial score (nSPS) is 16.0. The van der Waals surface area contributed by atoms with E-state index in [1.54, 1.807) is 18.5 Å². The monoisotopic (exact) mass is 280 g/mol. The average molecular weight is 280 g/mol. The van der Waals surface area contributed by atoms with Gasteiger partial charge in [0.15, 0.2) is 5.82 Å². The molecule has 1 aromatic carbocycles. The number of carbonyl (C=O) groups excluding carboxylic acids is 1. The molecule has 0 saturated carbocycles. The molecule has 0 spiro atoms. The van der Waals surface area contributed by atoms with Gasteiger partial charge < -0.3 is 4.90 Å². The Labute approximate surface area is 124 Å². The molecule has 21 heavy (non-hydrogen) atoms. The lowest BCUT2D eigenvalue weighted by Crippen LogP contribution is -2.31. The van der Waals surface area contributed by atoms with E-state index in [0.29, 0.717) is 5.82 Å². The summed E-state index contributed by atoms with van der Waals surface area (Å²) in [5.74, 6) is 0.473. The van der Waals surface area contributed by atoms with Crippen LogP contribution in [0.2, 0.25) is 0 Å². The quantitative estimate of drug-likeness (QED) is 0.868. The van der Waals surface area contributed by atoms with Gasteiger partial charge in [0.2, 0.25) is 5.91 Å². The Bertz CT molecular complexity index is 604. The predicted molar refractivity (Wildman–Crippen MR) is 81.4 cm³/mol. The van der Waals surface area contributed by atoms with Gasteiger partial charge in [0, 0.05) is 31.0 Å². The molecule has 4 nitrogen and oxygen atoms in total. The number of amides is 1. The van der Waals surface area contributed by atoms with Gasteiger partial charge >= 0.3 is 0 Å². The topological polar surface area (TPSA) is 46.1 Å². The summed E-state index contributed by atoms with van der Waals surface area (Å²) in [6, 6.07) is 9.56. The molecule has 0 unspecified atom stereocenters. The first-order valence-corrected chi connectivity index (χ1v) is 7.25. The molecule has 1 atom stereocenters. The fourth-order valence-electron chi connectivity index (χ4n) is 2.61. The number of nitrogens with zero attached hydrogens (tertiary/aromatic N) is 3. The molecular formula is C17H18N3O. The first-order chi connectivity index (χ1) is 10.3. The second kappa shape index (κ2) is 6.04. The number of carbonyl (C=O) groups is 1. The van der Waals surface area contributed by atoms with Gasteiger partial charge in [-0.1, -0.05) is 24.3 Å². The molecule has 107 valence electrons. The van der Waals surface area contributed by atoms with Crippen LogP contribution in [0.15, 0.2) is 42.7 Å². The van der Waals surface area contributed by atoms with Gasteiger partial charge in [-0.15, -0.1) is 0 Å². The van der Waals surface area contributed by atoms with Crippen LogP contribution in [0.5, 0.6) is 0 Å². The van der Waals surface area contributed by atoms with Crippen molar-refractivity contribution >= 4 is 5.91 Å². The predicted octanol–water partition coefficient (Wildman–Crippen LogP) is 2.68. The number of hydrogen-bond acceptors (Lipinski definition) is 3. The third-order valence-corrected chi connectivity index (χ3v) is 3.85. The first-order valence-electron chi connectivity index (χ1n) is 7.25. The zero-order chi connectivity index (χ0) is 14.7. The molecule has 3 rings (SSSR count). The van der Waals surface area contributed by atoms with Crippen molar-refractivity contribution in [3.8, 4) is 11.4 Å². The summed E-state index contributed by atoms with van der Waals surface area (Å²) < 4.78 is 0. The molecule has 1 radical (unpaired) electrons. The third-order valence-electron chi connectivity index (χ3n) is 3.85. The van der Waals surface area contributed by atoms with Crippen molar-refractivity contribution < 1.29 is 4.79 Å². The van der Waals surface area contributed by atoms with Crippen molar-refractivity contribution in [2.75, 3.05) is 13.1 Å². The van der Waals surface area contributed by atoms with E-state index in [0.717, 1.165) is 37.1 Å². The highest BCUT2D eigenvalue weighted by molar-refractivity contribution is 5.84. The van der Waals surface area contributed by atoms with Crippen molar-refractivity contribution in [2.45, 2.75) is 18.8 Å². The number of hydrogen-bond donors (Lipinski definition) is 0. The van der Waals surface area contributed by atoms with Crippen LogP contribution in [0.1, 0.15) is 24.3 Å². The minimum Gasteiger partial charge on any atom is -0.342 e. The van der Waals surface area contributed by atoms with Crippen LogP contribution < -0.4 is 0 Å². The van der Waals surface area contributed by atoms with Crippen molar-refractivity contribution in [3.63, 3.8) is 0 Å². The molecule has 1 aliphatic heterocycles. The summed E-state index contributed by atoms with van der Waals surface area (Å²) in [5.41, 5.74) is 1.88. The van der Waals surface area contributed by atoms with E-state index in [1.165, 1.54) is 0 Å². The molecule has 1 amide bonds. The highest BCUT2D eigenvalue weighted by Crippen LogP contribution is 2.23. The zero-order valence-corrected chi connectivity index (χ0v) is 11.9. The minimum atomic E-state index is -0.339. The number of benzene rings is 1. The van der Waals surface area contributed by atoms with Crippen molar-refractivity contribution in [1.29, 1.82) is 0 Å². The number of rotatable bonds is 3. The van der Waals surface area contributed by atoms with Crippen LogP contribution in [-0.4, -0.2) is 33.9 Å². The van der Waals surface area contributed by atoms with E-state index in [-0.39, 0.29) is 11.8 Å². The van der Waals surface area contributed by atoms with Crippen LogP contribution in [-0.2, 0) is 4.79 Å². The highest BCUT2D eigenvalue weighted by atomic mass is 16.2. The van der Waals surface area contributed by atoms with Gasteiger partial charge in [-0.05, 0) is 31.4 Å². The Morgan fingerprint density at radius 3 is 2.33 bits per heavy atom. The second-order valence-corrected chi connectivity index (χ2v) is 5.28. The first kappa shape index (κ1) is 13.7. The summed E-state index contributed by atoms with van der Waals surface area (Å²) in [6.45, 7) is 5.76. The van der Waals surface area contributed by atoms with E-state index < -0.39 is 0 Å². The van der Waals surface area contributed by atoms with Crippen molar-refractivity contribution in [3.05, 3.63) is 55.2 Å². The van der Waals surface area contributed by atoms with E-state index in [2.05, 4.69) is 16.9 Å². The van der Waals surface area contributed by atoms with Crippen molar-refractivity contribution in [2.24, 2.45) is 0 Å². The SMILES string of the molecule is [CH2][C@H](C(=O)N1CCCC1)c1ccc(-c2ncccn2)cc1. The molecule has 1 fully saturated rings. The third kappa shape index (κ3) is 2.94. The Balaban J connectivity index is 1.76. The fraction of sp³-hybridized carbons (Fsp3) is 0.294. The molecule has 2 heterocycles. The second-order valence-electron chi connectivity index (χ2n) is 5.28. The molecule has 0 aliphatic carbocycles. The van der Waals surface area contributed by atoms with Gasteiger partial charge in [-0.3, -0.25) is 4.79 Å². The average Bonchev–Trinajstić information content (AvgIpc) is 3.09. The number of aromatic nitrogens is 2. The molecule has 1 saturated heterocycles. The lowest BCUT2D eigenvalue weighted by atomic mass is 9.98. The van der Waals surface area contributed by atoms with Crippen LogP contribution in [0.4, 0.5) is 0 Å². The van der Waals surface area contributed by atoms with Gasteiger partial charge in [0.25, 0.3) is 0 Å². The van der Waals surface area contributed by atoms with Crippen LogP contribution in [0, 0.1) is 6.92 Å². The largest absolute Gasteiger partial charge is 0.342 e. The van der Waals surface area contributed by atoms with E-state index in [1.807, 2.05) is 29.2 Å².